The second kappa shape index (κ2) is 67.1. The Balaban J connectivity index is 3.07. The van der Waals surface area contributed by atoms with Crippen molar-refractivity contribution in [2.45, 2.75) is 6.92 Å². The minimum absolute atomic E-state index is 0.0192. The molecule has 0 aromatic heterocycles. The zero-order chi connectivity index (χ0) is 49.4. The molecule has 416 valence electrons. The molecule has 0 aliphatic carbocycles. The summed E-state index contributed by atoms with van der Waals surface area (Å²) >= 11 is 0. The Morgan fingerprint density at radius 2 is 0.232 bits per heavy atom. The molecule has 0 aliphatic heterocycles. The van der Waals surface area contributed by atoms with E-state index in [2.05, 4.69) is 0 Å². The van der Waals surface area contributed by atoms with Gasteiger partial charge in [0.15, 0.2) is 0 Å². The van der Waals surface area contributed by atoms with Crippen LogP contribution in [0.15, 0.2) is 0 Å². The summed E-state index contributed by atoms with van der Waals surface area (Å²) in [4.78, 5) is 0. The molecule has 0 saturated heterocycles. The van der Waals surface area contributed by atoms with Crippen LogP contribution in [-0.2, 0) is 104 Å². The van der Waals surface area contributed by atoms with Crippen molar-refractivity contribution in [1.29, 1.82) is 0 Å². The largest absolute Gasteiger partial charge is 0.394 e. The van der Waals surface area contributed by atoms with Gasteiger partial charge in [0, 0.05) is 6.61 Å². The first-order valence-electron chi connectivity index (χ1n) is 24.7. The predicted octanol–water partition coefficient (Wildman–Crippen LogP) is 0.364. The van der Waals surface area contributed by atoms with Crippen molar-refractivity contribution in [3.63, 3.8) is 0 Å². The van der Waals surface area contributed by atoms with E-state index >= 15 is 0 Å². The third-order valence-corrected chi connectivity index (χ3v) is 8.25. The molecule has 0 spiro atoms. The lowest BCUT2D eigenvalue weighted by Gasteiger charge is -2.09. The van der Waals surface area contributed by atoms with E-state index in [0.717, 1.165) is 0 Å². The van der Waals surface area contributed by atoms with E-state index in [4.69, 9.17) is 109 Å². The van der Waals surface area contributed by atoms with Gasteiger partial charge in [0.1, 0.15) is 0 Å². The van der Waals surface area contributed by atoms with Gasteiger partial charge in [-0.05, 0) is 6.92 Å². The van der Waals surface area contributed by atoms with Crippen LogP contribution in [0.25, 0.3) is 0 Å². The zero-order valence-electron chi connectivity index (χ0n) is 42.2. The van der Waals surface area contributed by atoms with Crippen molar-refractivity contribution in [3.8, 4) is 0 Å². The van der Waals surface area contributed by atoms with E-state index in [-0.39, 0.29) is 6.61 Å². The molecule has 0 saturated carbocycles. The topological polar surface area (TPSA) is 223 Å². The summed E-state index contributed by atoms with van der Waals surface area (Å²) in [5.74, 6) is 0. The van der Waals surface area contributed by atoms with Crippen LogP contribution >= 0.6 is 0 Å². The highest BCUT2D eigenvalue weighted by molar-refractivity contribution is 4.42. The molecule has 0 radical (unpaired) electrons. The standard InChI is InChI=1S/C46H94O23/c1-2-48-5-6-50-9-10-52-13-14-54-17-18-56-21-22-58-25-26-60-29-30-62-33-34-64-37-38-66-41-42-68-45-46-69-44-43-67-40-39-65-36-35-63-32-31-61-28-27-59-24-23-57-20-19-55-16-15-53-12-11-51-8-7-49-4-3-47/h47H,2-46H2,1H3. The molecule has 0 aliphatic rings. The highest BCUT2D eigenvalue weighted by Crippen LogP contribution is 1.90. The number of hydrogen-bond acceptors (Lipinski definition) is 23. The maximum atomic E-state index is 8.60. The average molecular weight is 1020 g/mol. The van der Waals surface area contributed by atoms with Gasteiger partial charge in [0.25, 0.3) is 0 Å². The summed E-state index contributed by atoms with van der Waals surface area (Å²) < 4.78 is 120. The molecular formula is C46H94O23. The van der Waals surface area contributed by atoms with Crippen LogP contribution in [0.4, 0.5) is 0 Å². The molecule has 23 nitrogen and oxygen atoms in total. The van der Waals surface area contributed by atoms with Crippen LogP contribution in [0.3, 0.4) is 0 Å². The molecule has 0 amide bonds. The molecule has 0 unspecified atom stereocenters. The highest BCUT2D eigenvalue weighted by Gasteiger charge is 1.99. The Labute approximate surface area is 412 Å². The molecule has 0 fully saturated rings. The first kappa shape index (κ1) is 68.1. The minimum atomic E-state index is 0.0192. The SMILES string of the molecule is CCOCCOCCOCCOCCOCCOCCOCCOCCOCCOCCOCCOCCOCCOCCOCCOCCOCCOCCOCCOCCOCCOCCO. The van der Waals surface area contributed by atoms with Gasteiger partial charge >= 0.3 is 0 Å². The van der Waals surface area contributed by atoms with Gasteiger partial charge in [-0.25, -0.2) is 0 Å². The molecular weight excluding hydrogens is 920 g/mol. The third-order valence-electron chi connectivity index (χ3n) is 8.25. The lowest BCUT2D eigenvalue weighted by atomic mass is 10.6. The maximum Gasteiger partial charge on any atom is 0.0701 e. The first-order valence-corrected chi connectivity index (χ1v) is 24.7. The monoisotopic (exact) mass is 1010 g/mol. The van der Waals surface area contributed by atoms with Crippen molar-refractivity contribution in [2.24, 2.45) is 0 Å². The lowest BCUT2D eigenvalue weighted by molar-refractivity contribution is -0.0317. The molecule has 1 N–H and O–H groups in total. The summed E-state index contributed by atoms with van der Waals surface area (Å²) in [6.07, 6.45) is 0. The normalized spacial score (nSPS) is 11.7. The van der Waals surface area contributed by atoms with Crippen LogP contribution < -0.4 is 0 Å². The van der Waals surface area contributed by atoms with Gasteiger partial charge in [0.2, 0.25) is 0 Å². The smallest absolute Gasteiger partial charge is 0.0701 e. The van der Waals surface area contributed by atoms with E-state index in [9.17, 15) is 0 Å². The summed E-state index contributed by atoms with van der Waals surface area (Å²) in [6.45, 7) is 24.1. The molecule has 69 heavy (non-hydrogen) atoms. The molecule has 0 aromatic rings. The Morgan fingerprint density at radius 3 is 0.319 bits per heavy atom. The fourth-order valence-electron chi connectivity index (χ4n) is 4.83. The van der Waals surface area contributed by atoms with Crippen molar-refractivity contribution in [3.05, 3.63) is 0 Å². The first-order chi connectivity index (χ1) is 34.4. The van der Waals surface area contributed by atoms with Crippen LogP contribution in [-0.4, -0.2) is 302 Å². The van der Waals surface area contributed by atoms with E-state index in [1.54, 1.807) is 0 Å². The summed E-state index contributed by atoms with van der Waals surface area (Å²) in [7, 11) is 0. The molecule has 0 bridgehead atoms. The lowest BCUT2D eigenvalue weighted by Crippen LogP contribution is -2.16. The average Bonchev–Trinajstić information content (AvgIpc) is 3.36. The van der Waals surface area contributed by atoms with Crippen molar-refractivity contribution in [2.75, 3.05) is 297 Å². The summed E-state index contributed by atoms with van der Waals surface area (Å²) in [5, 5.41) is 8.60. The van der Waals surface area contributed by atoms with Gasteiger partial charge in [-0.1, -0.05) is 0 Å². The minimum Gasteiger partial charge on any atom is -0.394 e. The number of aliphatic hydroxyl groups is 1. The van der Waals surface area contributed by atoms with Gasteiger partial charge in [-0.2, -0.15) is 0 Å². The molecule has 23 heteroatoms. The van der Waals surface area contributed by atoms with E-state index in [1.165, 1.54) is 0 Å². The summed E-state index contributed by atoms with van der Waals surface area (Å²) in [5.41, 5.74) is 0. The second-order valence-corrected chi connectivity index (χ2v) is 13.8. The van der Waals surface area contributed by atoms with Gasteiger partial charge in [-0.3, -0.25) is 0 Å². The number of rotatable bonds is 66. The molecule has 0 heterocycles. The summed E-state index contributed by atoms with van der Waals surface area (Å²) in [6, 6.07) is 0. The quantitative estimate of drug-likeness (QED) is 0.0813. The van der Waals surface area contributed by atoms with E-state index < -0.39 is 0 Å². The predicted molar refractivity (Wildman–Crippen MR) is 251 cm³/mol. The molecule has 0 rings (SSSR count). The van der Waals surface area contributed by atoms with Crippen LogP contribution in [0, 0.1) is 0 Å². The fraction of sp³-hybridized carbons (Fsp3) is 1.00. The number of ether oxygens (including phenoxy) is 22. The highest BCUT2D eigenvalue weighted by atomic mass is 16.6. The maximum absolute atomic E-state index is 8.60. The van der Waals surface area contributed by atoms with Gasteiger partial charge in [0.05, 0.1) is 291 Å². The van der Waals surface area contributed by atoms with Crippen LogP contribution in [0.1, 0.15) is 6.92 Å². The van der Waals surface area contributed by atoms with E-state index in [0.29, 0.717) is 291 Å². The fourth-order valence-corrected chi connectivity index (χ4v) is 4.83. The second-order valence-electron chi connectivity index (χ2n) is 13.8. The van der Waals surface area contributed by atoms with Gasteiger partial charge < -0.3 is 109 Å². The third kappa shape index (κ3) is 67.1. The van der Waals surface area contributed by atoms with Crippen molar-refractivity contribution < 1.29 is 109 Å². The van der Waals surface area contributed by atoms with E-state index in [1.807, 2.05) is 6.92 Å². The Morgan fingerprint density at radius 1 is 0.145 bits per heavy atom. The molecule has 0 atom stereocenters. The van der Waals surface area contributed by atoms with Crippen molar-refractivity contribution >= 4 is 0 Å². The van der Waals surface area contributed by atoms with Gasteiger partial charge in [-0.15, -0.1) is 0 Å². The molecule has 0 aromatic carbocycles. The van der Waals surface area contributed by atoms with Crippen molar-refractivity contribution in [1.82, 2.24) is 0 Å². The number of aliphatic hydroxyl groups excluding tert-OH is 1. The van der Waals surface area contributed by atoms with Crippen LogP contribution in [0.2, 0.25) is 0 Å². The Bertz CT molecular complexity index is 810. The zero-order valence-corrected chi connectivity index (χ0v) is 42.2. The van der Waals surface area contributed by atoms with Crippen LogP contribution in [0.5, 0.6) is 0 Å². The Kier molecular flexibility index (Phi) is 66.2. The number of hydrogen-bond donors (Lipinski definition) is 1. The Hall–Kier alpha value is -0.920.